The fourth-order valence-corrected chi connectivity index (χ4v) is 4.76. The minimum Gasteiger partial charge on any atom is -0.465 e. The third-order valence-electron chi connectivity index (χ3n) is 6.51. The van der Waals surface area contributed by atoms with Crippen LogP contribution in [0.4, 0.5) is 0 Å². The molecule has 6 heteroatoms. The van der Waals surface area contributed by atoms with Crippen molar-refractivity contribution in [3.63, 3.8) is 0 Å². The maximum Gasteiger partial charge on any atom is 0.337 e. The lowest BCUT2D eigenvalue weighted by Crippen LogP contribution is -2.14. The third kappa shape index (κ3) is 3.30. The van der Waals surface area contributed by atoms with Crippen molar-refractivity contribution in [3.8, 4) is 0 Å². The number of carbonyl (C=O) groups excluding carboxylic acids is 1. The molecule has 0 spiro atoms. The molecule has 0 aliphatic rings. The van der Waals surface area contributed by atoms with E-state index < -0.39 is 5.97 Å². The van der Waals surface area contributed by atoms with Gasteiger partial charge in [0, 0.05) is 35.0 Å². The van der Waals surface area contributed by atoms with Crippen LogP contribution in [0.15, 0.2) is 94.5 Å². The van der Waals surface area contributed by atoms with Crippen molar-refractivity contribution in [3.05, 3.63) is 117 Å². The molecule has 1 N–H and O–H groups in total. The maximum atomic E-state index is 13.5. The Balaban J connectivity index is 0.00000267. The zero-order valence-electron chi connectivity index (χ0n) is 18.9. The van der Waals surface area contributed by atoms with Crippen molar-refractivity contribution in [2.24, 2.45) is 0 Å². The quantitative estimate of drug-likeness (QED) is 0.288. The molecule has 4 aromatic carbocycles. The molecular formula is C29H22N2O4. The van der Waals surface area contributed by atoms with E-state index in [1.54, 1.807) is 24.3 Å². The number of hydrogen-bond donors (Lipinski definition) is 1. The number of nitrogens with zero attached hydrogens (tertiary/aromatic N) is 1. The summed E-state index contributed by atoms with van der Waals surface area (Å²) in [5, 5.41) is 2.27. The highest BCUT2D eigenvalue weighted by atomic mass is 16.5. The van der Waals surface area contributed by atoms with E-state index in [4.69, 9.17) is 4.74 Å². The van der Waals surface area contributed by atoms with Crippen LogP contribution < -0.4 is 10.9 Å². The molecule has 6 nitrogen and oxygen atoms in total. The molecule has 2 aromatic heterocycles. The van der Waals surface area contributed by atoms with Crippen LogP contribution in [0, 0.1) is 0 Å². The molecular weight excluding hydrogens is 440 g/mol. The zero-order chi connectivity index (χ0) is 24.1. The Morgan fingerprint density at radius 1 is 0.771 bits per heavy atom. The van der Waals surface area contributed by atoms with Gasteiger partial charge in [-0.2, -0.15) is 0 Å². The van der Waals surface area contributed by atoms with Gasteiger partial charge in [-0.3, -0.25) is 9.59 Å². The summed E-state index contributed by atoms with van der Waals surface area (Å²) < 4.78 is 6.84. The average molecular weight is 463 g/mol. The molecule has 6 aromatic rings. The van der Waals surface area contributed by atoms with Crippen LogP contribution in [0.2, 0.25) is 0 Å². The highest BCUT2D eigenvalue weighted by molar-refractivity contribution is 6.03. The summed E-state index contributed by atoms with van der Waals surface area (Å²) >= 11 is 0. The number of ether oxygens (including phenoxy) is 1. The molecule has 0 amide bonds. The number of aromatic nitrogens is 2. The molecule has 35 heavy (non-hydrogen) atoms. The fraction of sp³-hybridized carbons (Fsp3) is 0.0690. The topological polar surface area (TPSA) is 81.2 Å². The van der Waals surface area contributed by atoms with Gasteiger partial charge in [0.25, 0.3) is 0 Å². The van der Waals surface area contributed by atoms with Gasteiger partial charge in [-0.15, -0.1) is 0 Å². The number of fused-ring (bicyclic) bond motifs is 4. The van der Waals surface area contributed by atoms with Crippen molar-refractivity contribution in [1.82, 2.24) is 9.55 Å². The molecule has 2 heterocycles. The molecule has 0 radical (unpaired) electrons. The van der Waals surface area contributed by atoms with Crippen LogP contribution in [0.1, 0.15) is 17.3 Å². The van der Waals surface area contributed by atoms with Gasteiger partial charge < -0.3 is 14.3 Å². The Kier molecular flexibility index (Phi) is 4.74. The lowest BCUT2D eigenvalue weighted by atomic mass is 10.0. The van der Waals surface area contributed by atoms with Gasteiger partial charge in [-0.1, -0.05) is 36.4 Å². The maximum absolute atomic E-state index is 13.5. The number of esters is 1. The largest absolute Gasteiger partial charge is 0.465 e. The Morgan fingerprint density at radius 3 is 2.23 bits per heavy atom. The first-order valence-corrected chi connectivity index (χ1v) is 11.2. The summed E-state index contributed by atoms with van der Waals surface area (Å²) in [6.07, 6.45) is 0. The van der Waals surface area contributed by atoms with E-state index in [-0.39, 0.29) is 12.3 Å². The summed E-state index contributed by atoms with van der Waals surface area (Å²) in [7, 11) is 1.35. The summed E-state index contributed by atoms with van der Waals surface area (Å²) in [5.41, 5.74) is 4.07. The number of benzene rings is 4. The summed E-state index contributed by atoms with van der Waals surface area (Å²) in [4.78, 5) is 42.0. The Morgan fingerprint density at radius 2 is 1.46 bits per heavy atom. The van der Waals surface area contributed by atoms with Gasteiger partial charge in [0.1, 0.15) is 0 Å². The first-order valence-electron chi connectivity index (χ1n) is 11.2. The van der Waals surface area contributed by atoms with Crippen LogP contribution in [0.5, 0.6) is 0 Å². The average Bonchev–Trinajstić information content (AvgIpc) is 2.90. The van der Waals surface area contributed by atoms with Gasteiger partial charge in [0.15, 0.2) is 10.9 Å². The lowest BCUT2D eigenvalue weighted by molar-refractivity contribution is 0.0600. The van der Waals surface area contributed by atoms with Crippen molar-refractivity contribution >= 4 is 49.6 Å². The van der Waals surface area contributed by atoms with Gasteiger partial charge in [-0.25, -0.2) is 4.79 Å². The monoisotopic (exact) mass is 462 g/mol. The number of para-hydroxylation sites is 2. The second kappa shape index (κ2) is 7.95. The highest BCUT2D eigenvalue weighted by Gasteiger charge is 2.15. The Bertz CT molecular complexity index is 1920. The Labute approximate surface area is 200 Å². The van der Waals surface area contributed by atoms with E-state index in [9.17, 15) is 14.4 Å². The van der Waals surface area contributed by atoms with Crippen molar-refractivity contribution in [2.75, 3.05) is 7.11 Å². The van der Waals surface area contributed by atoms with Gasteiger partial charge in [0.05, 0.1) is 29.2 Å². The van der Waals surface area contributed by atoms with Gasteiger partial charge in [-0.05, 0) is 54.1 Å². The van der Waals surface area contributed by atoms with Crippen molar-refractivity contribution in [1.29, 1.82) is 0 Å². The summed E-state index contributed by atoms with van der Waals surface area (Å²) in [5.74, 6) is -0.395. The van der Waals surface area contributed by atoms with E-state index in [0.29, 0.717) is 44.7 Å². The lowest BCUT2D eigenvalue weighted by Gasteiger charge is -2.16. The second-order valence-corrected chi connectivity index (χ2v) is 8.54. The van der Waals surface area contributed by atoms with E-state index in [1.807, 2.05) is 65.2 Å². The molecule has 0 atom stereocenters. The molecule has 0 aliphatic heterocycles. The van der Waals surface area contributed by atoms with E-state index in [1.165, 1.54) is 7.11 Å². The van der Waals surface area contributed by atoms with Crippen LogP contribution in [-0.4, -0.2) is 22.6 Å². The van der Waals surface area contributed by atoms with Crippen molar-refractivity contribution in [2.45, 2.75) is 6.54 Å². The van der Waals surface area contributed by atoms with Gasteiger partial charge in [0.2, 0.25) is 0 Å². The molecule has 0 aliphatic carbocycles. The molecule has 0 saturated heterocycles. The highest BCUT2D eigenvalue weighted by Crippen LogP contribution is 2.25. The predicted octanol–water partition coefficient (Wildman–Crippen LogP) is 5.23. The second-order valence-electron chi connectivity index (χ2n) is 8.54. The van der Waals surface area contributed by atoms with E-state index in [0.717, 1.165) is 16.6 Å². The predicted molar refractivity (Wildman–Crippen MR) is 140 cm³/mol. The fourth-order valence-electron chi connectivity index (χ4n) is 4.76. The van der Waals surface area contributed by atoms with E-state index in [2.05, 4.69) is 4.98 Å². The molecule has 0 fully saturated rings. The molecule has 6 rings (SSSR count). The molecule has 0 bridgehead atoms. The number of pyridine rings is 2. The number of H-pyrrole nitrogens is 1. The minimum atomic E-state index is -0.395. The van der Waals surface area contributed by atoms with Crippen LogP contribution in [-0.2, 0) is 11.3 Å². The third-order valence-corrected chi connectivity index (χ3v) is 6.51. The number of rotatable bonds is 3. The van der Waals surface area contributed by atoms with E-state index >= 15 is 0 Å². The van der Waals surface area contributed by atoms with Crippen molar-refractivity contribution < 1.29 is 11.0 Å². The summed E-state index contributed by atoms with van der Waals surface area (Å²) in [6, 6.07) is 25.6. The normalized spacial score (nSPS) is 11.5. The number of aromatic amines is 1. The number of hydrogen-bond acceptors (Lipinski definition) is 4. The number of methoxy groups -OCH3 is 1. The molecule has 0 saturated carbocycles. The molecule has 0 unspecified atom stereocenters. The minimum absolute atomic E-state index is 0. The number of carbonyl (C=O) groups is 1. The zero-order valence-corrected chi connectivity index (χ0v) is 18.9. The smallest absolute Gasteiger partial charge is 0.337 e. The van der Waals surface area contributed by atoms with Crippen LogP contribution in [0.25, 0.3) is 43.6 Å². The first-order chi connectivity index (χ1) is 17.0. The van der Waals surface area contributed by atoms with Crippen LogP contribution >= 0.6 is 0 Å². The Hall–Kier alpha value is -4.71. The van der Waals surface area contributed by atoms with Gasteiger partial charge >= 0.3 is 5.97 Å². The summed E-state index contributed by atoms with van der Waals surface area (Å²) in [6.45, 7) is 0.454. The molecule has 172 valence electrons. The van der Waals surface area contributed by atoms with Crippen LogP contribution in [0.3, 0.4) is 0 Å². The number of nitrogens with one attached hydrogen (secondary N) is 1. The first kappa shape index (κ1) is 20.9. The standard InChI is InChI=1S/C29H20N2O4.H2/c1-35-29(34)18-12-10-17(11-13-18)16-31-25-9-5-3-7-20(25)28(33)22-14-24-21(15-26(22)31)27(32)19-6-2-4-8-23(19)30-24;/h2-15H,16H2,1H3,(H,30,32);1H. The SMILES string of the molecule is COC(=O)c1ccc(Cn2c3ccccc3c(=O)c3cc4[nH]c5ccccc5c(=O)c4cc32)cc1.[HH].